The minimum Gasteiger partial charge on any atom is -0.494 e. The lowest BCUT2D eigenvalue weighted by Gasteiger charge is -2.20. The first-order valence-electron chi connectivity index (χ1n) is 12.5. The molecule has 0 aliphatic heterocycles. The molecule has 1 aromatic heterocycles. The molecule has 196 valence electrons. The van der Waals surface area contributed by atoms with E-state index in [0.717, 1.165) is 28.7 Å². The van der Waals surface area contributed by atoms with Crippen LogP contribution in [0.1, 0.15) is 47.4 Å². The molecule has 1 N–H and O–H groups in total. The van der Waals surface area contributed by atoms with Crippen molar-refractivity contribution in [3.8, 4) is 5.75 Å². The number of hydrogen-bond acceptors (Lipinski definition) is 3. The Bertz CT molecular complexity index is 1370. The van der Waals surface area contributed by atoms with E-state index in [-0.39, 0.29) is 29.5 Å². The second-order valence-corrected chi connectivity index (χ2v) is 9.13. The predicted molar refractivity (Wildman–Crippen MR) is 142 cm³/mol. The molecule has 4 aromatic rings. The number of pyridine rings is 1. The summed E-state index contributed by atoms with van der Waals surface area (Å²) in [5.74, 6) is -1.13. The van der Waals surface area contributed by atoms with E-state index in [1.807, 2.05) is 30.5 Å². The minimum absolute atomic E-state index is 0.0662. The molecule has 0 bridgehead atoms. The van der Waals surface area contributed by atoms with Crippen LogP contribution in [0.3, 0.4) is 0 Å². The maximum Gasteiger partial charge on any atom is 0.303 e. The number of aliphatic carboxylic acids is 1. The molecule has 0 spiro atoms. The summed E-state index contributed by atoms with van der Waals surface area (Å²) in [5, 5.41) is 8.74. The van der Waals surface area contributed by atoms with Crippen molar-refractivity contribution in [2.45, 2.75) is 38.1 Å². The van der Waals surface area contributed by atoms with Crippen LogP contribution in [0.2, 0.25) is 0 Å². The number of carbonyl (C=O) groups is 1. The fourth-order valence-electron chi connectivity index (χ4n) is 4.44. The summed E-state index contributed by atoms with van der Waals surface area (Å²) in [4.78, 5) is 23.3. The number of nitrogens with zero attached hydrogens (tertiary/aromatic N) is 1. The summed E-state index contributed by atoms with van der Waals surface area (Å²) in [6, 6.07) is 23.3. The Hall–Kier alpha value is -4.26. The summed E-state index contributed by atoms with van der Waals surface area (Å²) in [6.07, 6.45) is 3.76. The fraction of sp³-hybridized carbons (Fsp3) is 0.226. The molecule has 0 aliphatic carbocycles. The van der Waals surface area contributed by atoms with E-state index in [1.165, 1.54) is 30.3 Å². The number of ether oxygens (including phenoxy) is 1. The van der Waals surface area contributed by atoms with Gasteiger partial charge in [-0.15, -0.1) is 0 Å². The average Bonchev–Trinajstić information content (AvgIpc) is 2.91. The van der Waals surface area contributed by atoms with Crippen molar-refractivity contribution in [1.82, 2.24) is 4.57 Å². The predicted octanol–water partition coefficient (Wildman–Crippen LogP) is 6.18. The van der Waals surface area contributed by atoms with Crippen molar-refractivity contribution in [2.24, 2.45) is 0 Å². The highest BCUT2D eigenvalue weighted by Crippen LogP contribution is 2.31. The van der Waals surface area contributed by atoms with Gasteiger partial charge >= 0.3 is 5.97 Å². The Balaban J connectivity index is 1.47. The van der Waals surface area contributed by atoms with Crippen molar-refractivity contribution < 1.29 is 23.4 Å². The minimum atomic E-state index is -0.844. The molecule has 0 radical (unpaired) electrons. The lowest BCUT2D eigenvalue weighted by Crippen LogP contribution is -2.20. The fourth-order valence-corrected chi connectivity index (χ4v) is 4.44. The van der Waals surface area contributed by atoms with Crippen LogP contribution in [0, 0.1) is 11.6 Å². The summed E-state index contributed by atoms with van der Waals surface area (Å²) in [7, 11) is 0. The van der Waals surface area contributed by atoms with Crippen molar-refractivity contribution in [3.63, 3.8) is 0 Å². The Kier molecular flexibility index (Phi) is 9.03. The maximum atomic E-state index is 13.6. The van der Waals surface area contributed by atoms with Crippen LogP contribution in [0.4, 0.5) is 8.78 Å². The van der Waals surface area contributed by atoms with E-state index >= 15 is 0 Å². The number of aromatic nitrogens is 1. The first-order chi connectivity index (χ1) is 18.4. The van der Waals surface area contributed by atoms with Gasteiger partial charge in [-0.25, -0.2) is 8.78 Å². The standard InChI is InChI=1S/C31H29F2NO4/c32-26-13-8-23(9-14-26)31(24-10-15-27(33)16-11-24)25-12-17-29(35)34(21-25)18-2-5-22-4-1-6-28(20-22)38-19-3-7-30(36)37/h1,4,6,8-17,20-21,31H,2-3,5,7,18-19H2,(H,36,37). The summed E-state index contributed by atoms with van der Waals surface area (Å²) in [6.45, 7) is 0.830. The highest BCUT2D eigenvalue weighted by Gasteiger charge is 2.18. The summed E-state index contributed by atoms with van der Waals surface area (Å²) in [5.41, 5.74) is 3.45. The average molecular weight is 518 g/mol. The largest absolute Gasteiger partial charge is 0.494 e. The van der Waals surface area contributed by atoms with E-state index in [0.29, 0.717) is 31.7 Å². The van der Waals surface area contributed by atoms with E-state index in [2.05, 4.69) is 0 Å². The van der Waals surface area contributed by atoms with Crippen molar-refractivity contribution in [1.29, 1.82) is 0 Å². The van der Waals surface area contributed by atoms with Crippen LogP contribution in [0.25, 0.3) is 0 Å². The van der Waals surface area contributed by atoms with Gasteiger partial charge in [0.2, 0.25) is 0 Å². The van der Waals surface area contributed by atoms with Crippen molar-refractivity contribution in [3.05, 3.63) is 135 Å². The van der Waals surface area contributed by atoms with Gasteiger partial charge in [0.15, 0.2) is 0 Å². The van der Waals surface area contributed by atoms with E-state index in [1.54, 1.807) is 34.9 Å². The highest BCUT2D eigenvalue weighted by molar-refractivity contribution is 5.66. The zero-order valence-electron chi connectivity index (χ0n) is 20.9. The molecule has 0 unspecified atom stereocenters. The number of hydrogen-bond donors (Lipinski definition) is 1. The number of carboxylic acid groups (broad SMARTS) is 1. The molecular weight excluding hydrogens is 488 g/mol. The smallest absolute Gasteiger partial charge is 0.303 e. The van der Waals surface area contributed by atoms with Gasteiger partial charge in [-0.3, -0.25) is 9.59 Å². The van der Waals surface area contributed by atoms with Crippen LogP contribution in [0.5, 0.6) is 5.75 Å². The normalized spacial score (nSPS) is 11.0. The third-order valence-electron chi connectivity index (χ3n) is 6.31. The monoisotopic (exact) mass is 517 g/mol. The first kappa shape index (κ1) is 26.8. The number of carboxylic acids is 1. The van der Waals surface area contributed by atoms with Gasteiger partial charge in [0, 0.05) is 31.1 Å². The molecule has 0 saturated heterocycles. The van der Waals surface area contributed by atoms with Gasteiger partial charge in [0.25, 0.3) is 5.56 Å². The van der Waals surface area contributed by atoms with Crippen LogP contribution in [-0.2, 0) is 17.8 Å². The Morgan fingerprint density at radius 1 is 0.842 bits per heavy atom. The third kappa shape index (κ3) is 7.38. The number of rotatable bonds is 12. The highest BCUT2D eigenvalue weighted by atomic mass is 19.1. The molecule has 38 heavy (non-hydrogen) atoms. The maximum absolute atomic E-state index is 13.6. The molecule has 0 aliphatic rings. The topological polar surface area (TPSA) is 68.5 Å². The molecule has 1 heterocycles. The zero-order valence-corrected chi connectivity index (χ0v) is 20.9. The van der Waals surface area contributed by atoms with Gasteiger partial charge in [-0.2, -0.15) is 0 Å². The van der Waals surface area contributed by atoms with Gasteiger partial charge in [0.1, 0.15) is 17.4 Å². The van der Waals surface area contributed by atoms with Gasteiger partial charge in [-0.1, -0.05) is 42.5 Å². The first-order valence-corrected chi connectivity index (χ1v) is 12.5. The van der Waals surface area contributed by atoms with Crippen LogP contribution in [0.15, 0.2) is 95.9 Å². The molecule has 0 atom stereocenters. The number of benzene rings is 3. The van der Waals surface area contributed by atoms with Crippen LogP contribution >= 0.6 is 0 Å². The Labute approximate surface area is 220 Å². The lowest BCUT2D eigenvalue weighted by molar-refractivity contribution is -0.137. The second-order valence-electron chi connectivity index (χ2n) is 9.13. The molecule has 3 aromatic carbocycles. The molecule has 5 nitrogen and oxygen atoms in total. The van der Waals surface area contributed by atoms with Crippen LogP contribution < -0.4 is 10.3 Å². The zero-order chi connectivity index (χ0) is 26.9. The lowest BCUT2D eigenvalue weighted by atomic mass is 9.86. The van der Waals surface area contributed by atoms with E-state index in [4.69, 9.17) is 9.84 Å². The Morgan fingerprint density at radius 3 is 2.11 bits per heavy atom. The second kappa shape index (κ2) is 12.8. The SMILES string of the molecule is O=C(O)CCCOc1cccc(CCCn2cc(C(c3ccc(F)cc3)c3ccc(F)cc3)ccc2=O)c1. The molecule has 7 heteroatoms. The van der Waals surface area contributed by atoms with E-state index in [9.17, 15) is 18.4 Å². The van der Waals surface area contributed by atoms with Gasteiger partial charge < -0.3 is 14.4 Å². The molecular formula is C31H29F2NO4. The van der Waals surface area contributed by atoms with Crippen LogP contribution in [-0.4, -0.2) is 22.2 Å². The third-order valence-corrected chi connectivity index (χ3v) is 6.31. The summed E-state index contributed by atoms with van der Waals surface area (Å²) >= 11 is 0. The van der Waals surface area contributed by atoms with E-state index < -0.39 is 5.97 Å². The van der Waals surface area contributed by atoms with Gasteiger partial charge in [-0.05, 0) is 77.9 Å². The number of halogens is 2. The molecule has 0 saturated carbocycles. The van der Waals surface area contributed by atoms with Crippen molar-refractivity contribution >= 4 is 5.97 Å². The Morgan fingerprint density at radius 2 is 1.47 bits per heavy atom. The van der Waals surface area contributed by atoms with Gasteiger partial charge in [0.05, 0.1) is 6.61 Å². The molecule has 0 amide bonds. The van der Waals surface area contributed by atoms with Crippen molar-refractivity contribution in [2.75, 3.05) is 6.61 Å². The molecule has 0 fully saturated rings. The quantitative estimate of drug-likeness (QED) is 0.228. The molecule has 4 rings (SSSR count). The number of aryl methyl sites for hydroxylation is 2. The summed E-state index contributed by atoms with van der Waals surface area (Å²) < 4.78 is 34.5.